The van der Waals surface area contributed by atoms with Crippen molar-refractivity contribution in [2.24, 2.45) is 5.92 Å². The number of hydrogen-bond acceptors (Lipinski definition) is 3. The van der Waals surface area contributed by atoms with Crippen LogP contribution in [0.15, 0.2) is 24.3 Å². The lowest BCUT2D eigenvalue weighted by molar-refractivity contribution is -0.128. The largest absolute Gasteiger partial charge is 0.392 e. The molecule has 1 fully saturated rings. The number of aliphatic hydroxyl groups is 1. The van der Waals surface area contributed by atoms with Crippen LogP contribution in [0.1, 0.15) is 44.2 Å². The number of amides is 1. The first kappa shape index (κ1) is 18.0. The van der Waals surface area contributed by atoms with Gasteiger partial charge in [0.05, 0.1) is 12.6 Å². The van der Waals surface area contributed by atoms with E-state index in [0.717, 1.165) is 25.1 Å². The van der Waals surface area contributed by atoms with E-state index >= 15 is 0 Å². The normalized spacial score (nSPS) is 17.2. The summed E-state index contributed by atoms with van der Waals surface area (Å²) in [5.74, 6) is 0.491. The van der Waals surface area contributed by atoms with Gasteiger partial charge >= 0.3 is 0 Å². The zero-order valence-corrected chi connectivity index (χ0v) is 14.4. The van der Waals surface area contributed by atoms with Crippen LogP contribution in [0.25, 0.3) is 0 Å². The zero-order valence-electron chi connectivity index (χ0n) is 14.4. The Morgan fingerprint density at radius 3 is 2.30 bits per heavy atom. The van der Waals surface area contributed by atoms with E-state index in [-0.39, 0.29) is 18.6 Å². The molecular formula is C19H30N2O2. The predicted molar refractivity (Wildman–Crippen MR) is 93.1 cm³/mol. The molecule has 1 aromatic carbocycles. The Morgan fingerprint density at radius 1 is 1.13 bits per heavy atom. The van der Waals surface area contributed by atoms with E-state index in [4.69, 9.17) is 5.11 Å². The Hall–Kier alpha value is -1.39. The Bertz CT molecular complexity index is 479. The monoisotopic (exact) mass is 318 g/mol. The maximum absolute atomic E-state index is 12.6. The molecule has 0 aromatic heterocycles. The number of likely N-dealkylation sites (tertiary alicyclic amines) is 1. The molecular weight excluding hydrogens is 288 g/mol. The molecule has 1 aliphatic heterocycles. The van der Waals surface area contributed by atoms with Crippen molar-refractivity contribution in [1.82, 2.24) is 10.2 Å². The number of rotatable bonds is 7. The molecule has 2 rings (SSSR count). The number of carbonyl (C=O) groups is 1. The van der Waals surface area contributed by atoms with E-state index in [1.165, 1.54) is 24.8 Å². The number of aliphatic hydroxyl groups excluding tert-OH is 1. The number of benzene rings is 1. The molecule has 0 aliphatic carbocycles. The number of piperidine rings is 1. The second-order valence-corrected chi connectivity index (χ2v) is 6.80. The fourth-order valence-electron chi connectivity index (χ4n) is 3.33. The summed E-state index contributed by atoms with van der Waals surface area (Å²) in [5, 5.41) is 12.2. The van der Waals surface area contributed by atoms with Crippen LogP contribution in [0, 0.1) is 5.92 Å². The lowest BCUT2D eigenvalue weighted by Crippen LogP contribution is -2.51. The summed E-state index contributed by atoms with van der Waals surface area (Å²) in [6.07, 6.45) is 4.51. The van der Waals surface area contributed by atoms with Gasteiger partial charge in [-0.15, -0.1) is 0 Å². The molecule has 4 nitrogen and oxygen atoms in total. The SMILES string of the molecule is CC(C)C(C(=O)NCCc1ccc(CO)cc1)N1CCCCC1. The van der Waals surface area contributed by atoms with Gasteiger partial charge in [-0.1, -0.05) is 44.5 Å². The van der Waals surface area contributed by atoms with Crippen LogP contribution in [-0.2, 0) is 17.8 Å². The van der Waals surface area contributed by atoms with Gasteiger partial charge in [0.1, 0.15) is 0 Å². The molecule has 0 spiro atoms. The first-order chi connectivity index (χ1) is 11.1. The summed E-state index contributed by atoms with van der Waals surface area (Å²) in [6.45, 7) is 7.08. The Morgan fingerprint density at radius 2 is 1.74 bits per heavy atom. The van der Waals surface area contributed by atoms with Crippen molar-refractivity contribution < 1.29 is 9.90 Å². The third-order valence-corrected chi connectivity index (χ3v) is 4.60. The fraction of sp³-hybridized carbons (Fsp3) is 0.632. The lowest BCUT2D eigenvalue weighted by Gasteiger charge is -2.35. The first-order valence-electron chi connectivity index (χ1n) is 8.82. The maximum Gasteiger partial charge on any atom is 0.237 e. The first-order valence-corrected chi connectivity index (χ1v) is 8.82. The number of nitrogens with one attached hydrogen (secondary N) is 1. The summed E-state index contributed by atoms with van der Waals surface area (Å²) < 4.78 is 0. The summed E-state index contributed by atoms with van der Waals surface area (Å²) in [5.41, 5.74) is 2.10. The molecule has 0 bridgehead atoms. The molecule has 1 aromatic rings. The molecule has 1 heterocycles. The van der Waals surface area contributed by atoms with E-state index in [1.54, 1.807) is 0 Å². The number of hydrogen-bond donors (Lipinski definition) is 2. The van der Waals surface area contributed by atoms with Crippen molar-refractivity contribution in [2.45, 2.75) is 52.2 Å². The highest BCUT2D eigenvalue weighted by atomic mass is 16.3. The topological polar surface area (TPSA) is 52.6 Å². The second kappa shape index (κ2) is 9.04. The van der Waals surface area contributed by atoms with Crippen LogP contribution in [0.4, 0.5) is 0 Å². The van der Waals surface area contributed by atoms with Crippen molar-refractivity contribution in [3.63, 3.8) is 0 Å². The van der Waals surface area contributed by atoms with Gasteiger partial charge < -0.3 is 10.4 Å². The van der Waals surface area contributed by atoms with Crippen molar-refractivity contribution in [2.75, 3.05) is 19.6 Å². The lowest BCUT2D eigenvalue weighted by atomic mass is 9.98. The van der Waals surface area contributed by atoms with Gasteiger partial charge in [-0.3, -0.25) is 9.69 Å². The van der Waals surface area contributed by atoms with E-state index in [0.29, 0.717) is 12.5 Å². The number of carbonyl (C=O) groups excluding carboxylic acids is 1. The smallest absolute Gasteiger partial charge is 0.237 e. The summed E-state index contributed by atoms with van der Waals surface area (Å²) in [6, 6.07) is 7.89. The summed E-state index contributed by atoms with van der Waals surface area (Å²) in [7, 11) is 0. The van der Waals surface area contributed by atoms with Crippen molar-refractivity contribution in [3.05, 3.63) is 35.4 Å². The van der Waals surface area contributed by atoms with Gasteiger partial charge in [0, 0.05) is 6.54 Å². The highest BCUT2D eigenvalue weighted by molar-refractivity contribution is 5.82. The molecule has 128 valence electrons. The van der Waals surface area contributed by atoms with Gasteiger partial charge in [0.2, 0.25) is 5.91 Å². The molecule has 1 unspecified atom stereocenters. The third-order valence-electron chi connectivity index (χ3n) is 4.60. The van der Waals surface area contributed by atoms with Gasteiger partial charge in [-0.2, -0.15) is 0 Å². The zero-order chi connectivity index (χ0) is 16.7. The molecule has 1 aliphatic rings. The van der Waals surface area contributed by atoms with E-state index in [1.807, 2.05) is 24.3 Å². The third kappa shape index (κ3) is 5.33. The van der Waals surface area contributed by atoms with Crippen molar-refractivity contribution in [1.29, 1.82) is 0 Å². The van der Waals surface area contributed by atoms with Crippen LogP contribution in [0.5, 0.6) is 0 Å². The highest BCUT2D eigenvalue weighted by Crippen LogP contribution is 2.17. The van der Waals surface area contributed by atoms with E-state index in [9.17, 15) is 4.79 Å². The Labute approximate surface area is 139 Å². The maximum atomic E-state index is 12.6. The van der Waals surface area contributed by atoms with Crippen LogP contribution in [-0.4, -0.2) is 41.6 Å². The minimum Gasteiger partial charge on any atom is -0.392 e. The standard InChI is InChI=1S/C19H30N2O2/c1-15(2)18(21-12-4-3-5-13-21)19(23)20-11-10-16-6-8-17(14-22)9-7-16/h6-9,15,18,22H,3-5,10-14H2,1-2H3,(H,20,23). The van der Waals surface area contributed by atoms with Crippen LogP contribution < -0.4 is 5.32 Å². The Balaban J connectivity index is 1.83. The highest BCUT2D eigenvalue weighted by Gasteiger charge is 2.29. The molecule has 2 N–H and O–H groups in total. The van der Waals surface area contributed by atoms with E-state index < -0.39 is 0 Å². The van der Waals surface area contributed by atoms with E-state index in [2.05, 4.69) is 24.1 Å². The summed E-state index contributed by atoms with van der Waals surface area (Å²) >= 11 is 0. The van der Waals surface area contributed by atoms with Crippen molar-refractivity contribution in [3.8, 4) is 0 Å². The van der Waals surface area contributed by atoms with Crippen LogP contribution in [0.3, 0.4) is 0 Å². The average molecular weight is 318 g/mol. The van der Waals surface area contributed by atoms with Gasteiger partial charge in [0.25, 0.3) is 0 Å². The van der Waals surface area contributed by atoms with Crippen molar-refractivity contribution >= 4 is 5.91 Å². The van der Waals surface area contributed by atoms with Crippen LogP contribution >= 0.6 is 0 Å². The summed E-state index contributed by atoms with van der Waals surface area (Å²) in [4.78, 5) is 14.9. The van der Waals surface area contributed by atoms with Gasteiger partial charge in [0.15, 0.2) is 0 Å². The minimum atomic E-state index is -0.00735. The molecule has 1 saturated heterocycles. The molecule has 1 atom stereocenters. The number of nitrogens with zero attached hydrogens (tertiary/aromatic N) is 1. The predicted octanol–water partition coefficient (Wildman–Crippen LogP) is 2.35. The Kier molecular flexibility index (Phi) is 7.06. The average Bonchev–Trinajstić information content (AvgIpc) is 2.56. The van der Waals surface area contributed by atoms with Gasteiger partial charge in [-0.05, 0) is 49.4 Å². The van der Waals surface area contributed by atoms with Crippen LogP contribution in [0.2, 0.25) is 0 Å². The molecule has 4 heteroatoms. The molecule has 0 saturated carbocycles. The van der Waals surface area contributed by atoms with Gasteiger partial charge in [-0.25, -0.2) is 0 Å². The minimum absolute atomic E-state index is 0.00735. The molecule has 1 amide bonds. The quantitative estimate of drug-likeness (QED) is 0.811. The molecule has 23 heavy (non-hydrogen) atoms. The second-order valence-electron chi connectivity index (χ2n) is 6.80. The molecule has 0 radical (unpaired) electrons. The fourth-order valence-corrected chi connectivity index (χ4v) is 3.33.